The topological polar surface area (TPSA) is 489 Å². The second kappa shape index (κ2) is 41.6. The van der Waals surface area contributed by atoms with Gasteiger partial charge in [-0.1, -0.05) is 87.0 Å². The zero-order chi connectivity index (χ0) is 100. The smallest absolute Gasteiger partial charge is 0.281 e. The van der Waals surface area contributed by atoms with Crippen molar-refractivity contribution < 1.29 is 62.0 Å². The number of nitrogens with two attached hydrogens (primary N) is 3. The molecule has 0 saturated carbocycles. The molecule has 6 atom stereocenters. The Hall–Kier alpha value is -13.9. The number of ether oxygens (including phenoxy) is 1. The highest BCUT2D eigenvalue weighted by molar-refractivity contribution is 7.91. The number of H-pyrrole nitrogens is 1. The molecule has 4 aliphatic heterocycles. The number of hydrogen-bond acceptors (Lipinski definition) is 29. The van der Waals surface area contributed by atoms with E-state index in [1.165, 1.54) is 79.0 Å². The van der Waals surface area contributed by atoms with Gasteiger partial charge in [0.1, 0.15) is 46.5 Å². The highest BCUT2D eigenvalue weighted by atomic mass is 35.5. The molecule has 4 aliphatic rings. The van der Waals surface area contributed by atoms with E-state index < -0.39 is 74.2 Å². The van der Waals surface area contributed by atoms with Gasteiger partial charge in [0.05, 0.1) is 51.1 Å². The van der Waals surface area contributed by atoms with Gasteiger partial charge in [-0.25, -0.2) is 71.6 Å². The molecular weight excluding hydrogens is 1860 g/mol. The van der Waals surface area contributed by atoms with Gasteiger partial charge >= 0.3 is 0 Å². The summed E-state index contributed by atoms with van der Waals surface area (Å²) in [6.45, 7) is 30.6. The minimum Gasteiger partial charge on any atom is -0.475 e. The van der Waals surface area contributed by atoms with Crippen LogP contribution in [0.3, 0.4) is 0 Å². The van der Waals surface area contributed by atoms with Gasteiger partial charge in [0.15, 0.2) is 20.0 Å². The van der Waals surface area contributed by atoms with Crippen LogP contribution < -0.4 is 66.0 Å². The van der Waals surface area contributed by atoms with Gasteiger partial charge in [0.2, 0.25) is 5.88 Å². The molecule has 138 heavy (non-hydrogen) atoms. The number of sulfonamides is 4. The van der Waals surface area contributed by atoms with Crippen molar-refractivity contribution in [1.82, 2.24) is 63.7 Å². The maximum absolute atomic E-state index is 13.5. The number of hydrogen-bond donors (Lipinski definition) is 8. The average Bonchev–Trinajstić information content (AvgIpc) is 1.42. The maximum Gasteiger partial charge on any atom is 0.281 e. The summed E-state index contributed by atoms with van der Waals surface area (Å²) in [4.78, 5) is 110. The number of benzene rings is 3. The van der Waals surface area contributed by atoms with Gasteiger partial charge < -0.3 is 46.5 Å². The van der Waals surface area contributed by atoms with E-state index in [2.05, 4.69) is 99.4 Å². The molecule has 9 aromatic heterocycles. The van der Waals surface area contributed by atoms with Crippen molar-refractivity contribution in [2.75, 3.05) is 56.4 Å². The van der Waals surface area contributed by atoms with Gasteiger partial charge in [0, 0.05) is 94.6 Å². The van der Waals surface area contributed by atoms with E-state index in [1.54, 1.807) is 85.9 Å². The first kappa shape index (κ1) is 102. The lowest BCUT2D eigenvalue weighted by molar-refractivity contribution is 0.0972. The summed E-state index contributed by atoms with van der Waals surface area (Å²) in [5.41, 5.74) is 23.5. The number of amides is 4. The Morgan fingerprint density at radius 2 is 0.935 bits per heavy atom. The van der Waals surface area contributed by atoms with Crippen LogP contribution in [0.5, 0.6) is 5.88 Å². The largest absolute Gasteiger partial charge is 0.475 e. The fourth-order valence-corrected chi connectivity index (χ4v) is 21.4. The molecule has 11 N–H and O–H groups in total. The van der Waals surface area contributed by atoms with Crippen LogP contribution in [-0.4, -0.2) is 157 Å². The molecular formula is C98H110ClFN20O14S4. The van der Waals surface area contributed by atoms with Crippen molar-refractivity contribution >= 4 is 116 Å². The molecule has 0 spiro atoms. The second-order valence-electron chi connectivity index (χ2n) is 36.3. The molecule has 4 unspecified atom stereocenters. The van der Waals surface area contributed by atoms with E-state index in [0.29, 0.717) is 99.8 Å². The molecule has 13 heterocycles. The zero-order valence-corrected chi connectivity index (χ0v) is 82.6. The van der Waals surface area contributed by atoms with Gasteiger partial charge in [-0.15, -0.1) is 0 Å². The minimum absolute atomic E-state index is 0.00308. The second-order valence-corrected chi connectivity index (χ2v) is 43.2. The summed E-state index contributed by atoms with van der Waals surface area (Å²) in [6.07, 6.45) is 7.56. The van der Waals surface area contributed by atoms with Crippen LogP contribution in [-0.2, 0) is 40.1 Å². The molecule has 0 bridgehead atoms. The Morgan fingerprint density at radius 1 is 0.486 bits per heavy atom. The molecule has 4 saturated heterocycles. The van der Waals surface area contributed by atoms with Crippen LogP contribution in [0, 0.1) is 37.4 Å². The van der Waals surface area contributed by atoms with E-state index in [-0.39, 0.29) is 95.9 Å². The number of anilines is 7. The highest BCUT2D eigenvalue weighted by Crippen LogP contribution is 2.43. The van der Waals surface area contributed by atoms with E-state index in [0.717, 1.165) is 66.1 Å². The number of aromatic nitrogens is 9. The number of aryl methyl sites for hydroxylation is 2. The molecule has 16 rings (SSSR count). The number of carbonyl (C=O) groups excluding carboxylic acids is 4. The summed E-state index contributed by atoms with van der Waals surface area (Å²) < 4.78 is 130. The van der Waals surface area contributed by atoms with E-state index >= 15 is 0 Å². The normalized spacial score (nSPS) is 17.8. The van der Waals surface area contributed by atoms with E-state index in [9.17, 15) is 62.0 Å². The first-order valence-electron chi connectivity index (χ1n) is 44.6. The number of nitrogens with one attached hydrogen (secondary N) is 5. The number of aromatic amines is 1. The van der Waals surface area contributed by atoms with Crippen molar-refractivity contribution in [3.63, 3.8) is 0 Å². The average molecular weight is 1970 g/mol. The van der Waals surface area contributed by atoms with Crippen molar-refractivity contribution in [1.29, 1.82) is 0 Å². The summed E-state index contributed by atoms with van der Waals surface area (Å²) in [5, 5.41) is -0.407. The molecule has 12 aromatic rings. The highest BCUT2D eigenvalue weighted by Gasteiger charge is 2.43. The predicted molar refractivity (Wildman–Crippen MR) is 530 cm³/mol. The fraction of sp³-hybridized carbons (Fsp3) is 0.316. The van der Waals surface area contributed by atoms with Crippen molar-refractivity contribution in [2.45, 2.75) is 184 Å². The summed E-state index contributed by atoms with van der Waals surface area (Å²) in [7, 11) is -17.1. The summed E-state index contributed by atoms with van der Waals surface area (Å²) in [5.74, 6) is -0.194. The number of nitrogen functional groups attached to an aromatic ring is 3. The van der Waals surface area contributed by atoms with Gasteiger partial charge in [-0.05, 0) is 271 Å². The SMILES string of the molecule is CC(C)Oc1ccc(-c2ccc(C(=O)NS(=O)(=O)c3cccc(N)n3)c(N3CCC(C)C3C)n2)cn1.C[C@@H]1CC[C@H](C)N1c1nc(-c2ccc(Cl)cc2)ccc1C(=O)NS(=O)(=O)c1ccc[nH]c1=O.Cc1cc(C(=O)NS(=O)(=O)c2cccc(N)n2)c(N2CC(C)CC2(C)C)nc1-c1ccc(F)cc1.Cc1ccccc1-c1ccc(C(=O)NS(=O)(=O)c2cccc(N)n2)c(N2CC(C)CC2(C)C)n1. The maximum atomic E-state index is 13.5. The first-order chi connectivity index (χ1) is 65.1. The van der Waals surface area contributed by atoms with Crippen LogP contribution in [0.4, 0.5) is 45.1 Å². The molecule has 724 valence electrons. The Kier molecular flexibility index (Phi) is 30.6. The summed E-state index contributed by atoms with van der Waals surface area (Å²) >= 11 is 6.00. The summed E-state index contributed by atoms with van der Waals surface area (Å²) in [6, 6.07) is 51.6. The van der Waals surface area contributed by atoms with Gasteiger partial charge in [0.25, 0.3) is 69.3 Å². The van der Waals surface area contributed by atoms with E-state index in [4.69, 9.17) is 53.5 Å². The third kappa shape index (κ3) is 23.7. The molecule has 0 radical (unpaired) electrons. The number of nitrogens with zero attached hydrogens (tertiary/aromatic N) is 12. The third-order valence-electron chi connectivity index (χ3n) is 24.2. The standard InChI is InChI=1S/C25H28FN5O3S.C25H30N6O4S.C25H29N5O3S.C23H23ClN4O4S/c1-15-13-25(3,4)31(14-15)23-19(12-16(2)22(29-23)17-8-10-18(26)11-9-17)24(32)30-35(33,34)21-7-5-6-20(27)28-21;1-15(2)35-22-11-8-18(14-27-22)20-10-9-19(24(28-20)31-13-12-16(3)17(31)4)25(32)30-36(33,34)23-7-5-6-21(26)29-23;1-16-14-25(3,4)30(15-16)23-19(12-13-20(27-23)18-9-6-5-8-17(18)2)24(31)29-34(32,33)22-11-7-10-21(26)28-22;1-14-5-6-15(2)28(14)21-18(11-12-19(26-21)16-7-9-17(24)10-8-16)22(29)27-33(31,32)20-4-3-13-25-23(20)30/h5-12,15H,13-14H2,1-4H3,(H2,27,28)(H,30,32);5-11,14-17H,12-13H2,1-4H3,(H2,26,29)(H,30,32);5-13,16H,14-15H2,1-4H3,(H2,26,28)(H,29,31);3-4,7-15H,5-6H2,1-2H3,(H,25,30)(H,27,29)/t;;;14-,15+. The lowest BCUT2D eigenvalue weighted by Crippen LogP contribution is -2.41. The number of pyridine rings is 9. The Morgan fingerprint density at radius 3 is 1.40 bits per heavy atom. The minimum atomic E-state index is -4.38. The zero-order valence-electron chi connectivity index (χ0n) is 78.5. The molecule has 0 aliphatic carbocycles. The van der Waals surface area contributed by atoms with Crippen LogP contribution >= 0.6 is 11.6 Å². The fourth-order valence-electron chi connectivity index (χ4n) is 17.4. The van der Waals surface area contributed by atoms with Crippen LogP contribution in [0.15, 0.2) is 231 Å². The lowest BCUT2D eigenvalue weighted by atomic mass is 9.97. The quantitative estimate of drug-likeness (QED) is 0.0312. The van der Waals surface area contributed by atoms with Crippen LogP contribution in [0.25, 0.3) is 45.0 Å². The lowest BCUT2D eigenvalue weighted by Gasteiger charge is -2.34. The van der Waals surface area contributed by atoms with Gasteiger partial charge in [-0.2, -0.15) is 25.3 Å². The molecule has 4 amide bonds. The number of rotatable bonds is 22. The number of halogens is 2. The predicted octanol–water partition coefficient (Wildman–Crippen LogP) is 14.5. The Bertz CT molecular complexity index is 7140. The Balaban J connectivity index is 0.000000155. The van der Waals surface area contributed by atoms with Crippen LogP contribution in [0.1, 0.15) is 168 Å². The molecule has 3 aromatic carbocycles. The van der Waals surface area contributed by atoms with Crippen molar-refractivity contribution in [3.05, 3.63) is 261 Å². The van der Waals surface area contributed by atoms with E-state index in [1.807, 2.05) is 96.5 Å². The molecule has 34 nitrogen and oxygen atoms in total. The van der Waals surface area contributed by atoms with Crippen molar-refractivity contribution in [3.8, 4) is 50.9 Å². The Labute approximate surface area is 806 Å². The van der Waals surface area contributed by atoms with Crippen LogP contribution in [0.2, 0.25) is 5.02 Å². The van der Waals surface area contributed by atoms with Crippen molar-refractivity contribution in [2.24, 2.45) is 17.8 Å². The molecule has 40 heteroatoms. The first-order valence-corrected chi connectivity index (χ1v) is 50.9. The monoisotopic (exact) mass is 1970 g/mol. The molecule has 4 fully saturated rings. The third-order valence-corrected chi connectivity index (χ3v) is 29.5. The van der Waals surface area contributed by atoms with Gasteiger partial charge in [-0.3, -0.25) is 24.0 Å². The number of carbonyl (C=O) groups is 4.